The fourth-order valence-corrected chi connectivity index (χ4v) is 1.35. The minimum atomic E-state index is -0.0226. The highest BCUT2D eigenvalue weighted by Gasteiger charge is 1.99. The number of aromatic nitrogens is 2. The van der Waals surface area contributed by atoms with Gasteiger partial charge in [0.2, 0.25) is 0 Å². The average Bonchev–Trinajstić information content (AvgIpc) is 2.09. The summed E-state index contributed by atoms with van der Waals surface area (Å²) in [6, 6.07) is 3.50. The lowest BCUT2D eigenvalue weighted by atomic mass is 10.2. The molecule has 0 aliphatic carbocycles. The Morgan fingerprint density at radius 1 is 1.46 bits per heavy atom. The molecule has 0 saturated carbocycles. The summed E-state index contributed by atoms with van der Waals surface area (Å²) in [4.78, 5) is 15.4. The van der Waals surface area contributed by atoms with E-state index >= 15 is 0 Å². The Labute approximate surface area is 75.7 Å². The molecule has 13 heavy (non-hydrogen) atoms. The number of fused-ring (bicyclic) bond motifs is 1. The molecule has 2 rings (SSSR count). The van der Waals surface area contributed by atoms with Gasteiger partial charge in [0, 0.05) is 30.9 Å². The van der Waals surface area contributed by atoms with Crippen LogP contribution in [0.1, 0.15) is 5.56 Å². The van der Waals surface area contributed by atoms with E-state index in [4.69, 9.17) is 0 Å². The second kappa shape index (κ2) is 2.69. The molecule has 3 heteroatoms. The molecule has 2 aromatic heterocycles. The standard InChI is InChI=1S/C10H10N2O/c1-7-3-4-11-9-5-10(13)12(2)6-8(7)9/h3-6H,1-2H3. The summed E-state index contributed by atoms with van der Waals surface area (Å²) in [5, 5.41) is 1.03. The Morgan fingerprint density at radius 2 is 2.23 bits per heavy atom. The van der Waals surface area contributed by atoms with Gasteiger partial charge in [0.1, 0.15) is 0 Å². The molecule has 2 aromatic rings. The fraction of sp³-hybridized carbons (Fsp3) is 0.200. The van der Waals surface area contributed by atoms with Crippen LogP contribution in [-0.2, 0) is 7.05 Å². The third-order valence-electron chi connectivity index (χ3n) is 2.17. The topological polar surface area (TPSA) is 34.9 Å². The van der Waals surface area contributed by atoms with Gasteiger partial charge < -0.3 is 4.57 Å². The normalized spacial score (nSPS) is 10.6. The first-order valence-corrected chi connectivity index (χ1v) is 4.10. The van der Waals surface area contributed by atoms with Crippen LogP contribution in [-0.4, -0.2) is 9.55 Å². The molecule has 3 nitrogen and oxygen atoms in total. The molecular formula is C10H10N2O. The number of hydrogen-bond donors (Lipinski definition) is 0. The minimum Gasteiger partial charge on any atom is -0.318 e. The van der Waals surface area contributed by atoms with Crippen molar-refractivity contribution >= 4 is 10.9 Å². The van der Waals surface area contributed by atoms with Gasteiger partial charge in [0.05, 0.1) is 5.52 Å². The third kappa shape index (κ3) is 1.22. The van der Waals surface area contributed by atoms with E-state index in [1.807, 2.05) is 19.2 Å². The summed E-state index contributed by atoms with van der Waals surface area (Å²) in [5.41, 5.74) is 1.88. The highest BCUT2D eigenvalue weighted by molar-refractivity contribution is 5.80. The Kier molecular flexibility index (Phi) is 1.65. The quantitative estimate of drug-likeness (QED) is 0.602. The predicted octanol–water partition coefficient (Wildman–Crippen LogP) is 1.24. The van der Waals surface area contributed by atoms with Gasteiger partial charge in [-0.2, -0.15) is 0 Å². The van der Waals surface area contributed by atoms with Crippen LogP contribution < -0.4 is 5.56 Å². The van der Waals surface area contributed by atoms with Gasteiger partial charge in [0.25, 0.3) is 5.56 Å². The zero-order valence-electron chi connectivity index (χ0n) is 7.61. The molecule has 0 unspecified atom stereocenters. The molecule has 0 fully saturated rings. The number of hydrogen-bond acceptors (Lipinski definition) is 2. The lowest BCUT2D eigenvalue weighted by molar-refractivity contribution is 0.868. The Bertz CT molecular complexity index is 514. The van der Waals surface area contributed by atoms with Gasteiger partial charge in [-0.05, 0) is 18.6 Å². The van der Waals surface area contributed by atoms with E-state index in [9.17, 15) is 4.79 Å². The first-order valence-electron chi connectivity index (χ1n) is 4.10. The number of nitrogens with zero attached hydrogens (tertiary/aromatic N) is 2. The molecular weight excluding hydrogens is 164 g/mol. The highest BCUT2D eigenvalue weighted by atomic mass is 16.1. The molecule has 0 amide bonds. The SMILES string of the molecule is Cc1ccnc2cc(=O)n(C)cc12. The molecule has 66 valence electrons. The Hall–Kier alpha value is -1.64. The van der Waals surface area contributed by atoms with E-state index in [0.29, 0.717) is 0 Å². The molecule has 0 aromatic carbocycles. The average molecular weight is 174 g/mol. The van der Waals surface area contributed by atoms with E-state index in [1.165, 1.54) is 0 Å². The lowest BCUT2D eigenvalue weighted by Crippen LogP contribution is -2.14. The van der Waals surface area contributed by atoms with Gasteiger partial charge in [-0.1, -0.05) is 0 Å². The number of rotatable bonds is 0. The Balaban J connectivity index is 2.97. The van der Waals surface area contributed by atoms with Crippen molar-refractivity contribution in [3.63, 3.8) is 0 Å². The van der Waals surface area contributed by atoms with Crippen LogP contribution in [0.5, 0.6) is 0 Å². The van der Waals surface area contributed by atoms with Crippen LogP contribution in [0.4, 0.5) is 0 Å². The minimum absolute atomic E-state index is 0.0226. The van der Waals surface area contributed by atoms with Gasteiger partial charge in [-0.25, -0.2) is 0 Å². The van der Waals surface area contributed by atoms with E-state index in [-0.39, 0.29) is 5.56 Å². The maximum atomic E-state index is 11.3. The van der Waals surface area contributed by atoms with E-state index in [2.05, 4.69) is 4.98 Å². The van der Waals surface area contributed by atoms with Crippen molar-refractivity contribution in [2.24, 2.45) is 7.05 Å². The molecule has 2 heterocycles. The summed E-state index contributed by atoms with van der Waals surface area (Å²) in [6.45, 7) is 2.01. The molecule has 0 spiro atoms. The second-order valence-electron chi connectivity index (χ2n) is 3.15. The zero-order valence-corrected chi connectivity index (χ0v) is 7.61. The summed E-state index contributed by atoms with van der Waals surface area (Å²) in [6.07, 6.45) is 3.54. The van der Waals surface area contributed by atoms with Crippen LogP contribution in [0, 0.1) is 6.92 Å². The van der Waals surface area contributed by atoms with Crippen LogP contribution >= 0.6 is 0 Å². The monoisotopic (exact) mass is 174 g/mol. The molecule has 0 aliphatic rings. The van der Waals surface area contributed by atoms with E-state index in [1.54, 1.807) is 23.9 Å². The highest BCUT2D eigenvalue weighted by Crippen LogP contribution is 2.12. The largest absolute Gasteiger partial charge is 0.318 e. The van der Waals surface area contributed by atoms with Crippen molar-refractivity contribution in [3.8, 4) is 0 Å². The number of pyridine rings is 2. The molecule has 0 N–H and O–H groups in total. The molecule has 0 atom stereocenters. The summed E-state index contributed by atoms with van der Waals surface area (Å²) in [7, 11) is 1.74. The van der Waals surface area contributed by atoms with Gasteiger partial charge in [0.15, 0.2) is 0 Å². The van der Waals surface area contributed by atoms with Crippen LogP contribution in [0.3, 0.4) is 0 Å². The first-order chi connectivity index (χ1) is 6.18. The van der Waals surface area contributed by atoms with Crippen molar-refractivity contribution in [1.82, 2.24) is 9.55 Å². The van der Waals surface area contributed by atoms with Crippen molar-refractivity contribution in [2.75, 3.05) is 0 Å². The van der Waals surface area contributed by atoms with Crippen molar-refractivity contribution in [1.29, 1.82) is 0 Å². The van der Waals surface area contributed by atoms with Crippen molar-refractivity contribution in [3.05, 3.63) is 40.4 Å². The molecule has 0 radical (unpaired) electrons. The maximum absolute atomic E-state index is 11.3. The summed E-state index contributed by atoms with van der Waals surface area (Å²) < 4.78 is 1.57. The van der Waals surface area contributed by atoms with Crippen molar-refractivity contribution in [2.45, 2.75) is 6.92 Å². The summed E-state index contributed by atoms with van der Waals surface area (Å²) in [5.74, 6) is 0. The van der Waals surface area contributed by atoms with Gasteiger partial charge in [-0.3, -0.25) is 9.78 Å². The summed E-state index contributed by atoms with van der Waals surface area (Å²) >= 11 is 0. The van der Waals surface area contributed by atoms with Crippen LogP contribution in [0.15, 0.2) is 29.3 Å². The van der Waals surface area contributed by atoms with E-state index < -0.39 is 0 Å². The Morgan fingerprint density at radius 3 is 3.00 bits per heavy atom. The molecule has 0 saturated heterocycles. The van der Waals surface area contributed by atoms with Crippen LogP contribution in [0.25, 0.3) is 10.9 Å². The van der Waals surface area contributed by atoms with Gasteiger partial charge in [-0.15, -0.1) is 0 Å². The fourth-order valence-electron chi connectivity index (χ4n) is 1.35. The third-order valence-corrected chi connectivity index (χ3v) is 2.17. The maximum Gasteiger partial charge on any atom is 0.252 e. The smallest absolute Gasteiger partial charge is 0.252 e. The lowest BCUT2D eigenvalue weighted by Gasteiger charge is -2.02. The van der Waals surface area contributed by atoms with Gasteiger partial charge >= 0.3 is 0 Å². The van der Waals surface area contributed by atoms with Crippen molar-refractivity contribution < 1.29 is 0 Å². The zero-order chi connectivity index (χ0) is 9.42. The second-order valence-corrected chi connectivity index (χ2v) is 3.15. The van der Waals surface area contributed by atoms with E-state index in [0.717, 1.165) is 16.5 Å². The predicted molar refractivity (Wildman–Crippen MR) is 51.7 cm³/mol. The van der Waals surface area contributed by atoms with Crippen LogP contribution in [0.2, 0.25) is 0 Å². The first kappa shape index (κ1) is 7.98. The molecule has 0 aliphatic heterocycles. The molecule has 0 bridgehead atoms. The number of aryl methyl sites for hydroxylation is 2.